The average molecular weight is 285 g/mol. The molecule has 78 valence electrons. The van der Waals surface area contributed by atoms with Gasteiger partial charge in [0.15, 0.2) is 0 Å². The summed E-state index contributed by atoms with van der Waals surface area (Å²) >= 11 is 5.02. The van der Waals surface area contributed by atoms with Crippen LogP contribution in [0.2, 0.25) is 0 Å². The third kappa shape index (κ3) is 2.18. The van der Waals surface area contributed by atoms with Crippen LogP contribution in [-0.2, 0) is 0 Å². The molecular weight excluding hydrogens is 276 g/mol. The average Bonchev–Trinajstić information content (AvgIpc) is 2.65. The molecule has 0 saturated heterocycles. The minimum Gasteiger partial charge on any atom is -0.496 e. The Labute approximate surface area is 100 Å². The van der Waals surface area contributed by atoms with E-state index in [0.29, 0.717) is 0 Å². The summed E-state index contributed by atoms with van der Waals surface area (Å²) in [6.07, 6.45) is 0. The first kappa shape index (κ1) is 10.6. The smallest absolute Gasteiger partial charge is 0.147 e. The van der Waals surface area contributed by atoms with Crippen LogP contribution < -0.4 is 4.74 Å². The molecular formula is C10H9BrN2OS. The van der Waals surface area contributed by atoms with Crippen LogP contribution >= 0.6 is 27.3 Å². The lowest BCUT2D eigenvalue weighted by molar-refractivity contribution is 0.412. The van der Waals surface area contributed by atoms with Crippen molar-refractivity contribution in [1.29, 1.82) is 0 Å². The van der Waals surface area contributed by atoms with E-state index >= 15 is 0 Å². The Bertz CT molecular complexity index is 484. The standard InChI is InChI=1S/C10H9BrN2OS/c1-6-12-13-10(15-6)7-3-4-9(14-2)8(11)5-7/h3-5H,1-2H3. The van der Waals surface area contributed by atoms with Gasteiger partial charge in [-0.25, -0.2) is 0 Å². The molecule has 2 rings (SSSR count). The summed E-state index contributed by atoms with van der Waals surface area (Å²) in [6.45, 7) is 1.94. The van der Waals surface area contributed by atoms with Gasteiger partial charge in [-0.3, -0.25) is 0 Å². The van der Waals surface area contributed by atoms with Gasteiger partial charge in [0.05, 0.1) is 11.6 Å². The maximum atomic E-state index is 5.16. The zero-order chi connectivity index (χ0) is 10.8. The monoisotopic (exact) mass is 284 g/mol. The van der Waals surface area contributed by atoms with Gasteiger partial charge in [-0.05, 0) is 41.1 Å². The second-order valence-electron chi connectivity index (χ2n) is 2.98. The normalized spacial score (nSPS) is 10.3. The minimum atomic E-state index is 0.819. The SMILES string of the molecule is COc1ccc(-c2nnc(C)s2)cc1Br. The highest BCUT2D eigenvalue weighted by Gasteiger charge is 2.07. The molecule has 0 spiro atoms. The first-order valence-electron chi connectivity index (χ1n) is 4.34. The van der Waals surface area contributed by atoms with Gasteiger partial charge in [0.1, 0.15) is 15.8 Å². The fourth-order valence-electron chi connectivity index (χ4n) is 1.21. The number of aryl methyl sites for hydroxylation is 1. The summed E-state index contributed by atoms with van der Waals surface area (Å²) < 4.78 is 6.09. The zero-order valence-corrected chi connectivity index (χ0v) is 10.7. The van der Waals surface area contributed by atoms with Crippen molar-refractivity contribution in [3.8, 4) is 16.3 Å². The molecule has 0 fully saturated rings. The van der Waals surface area contributed by atoms with Crippen molar-refractivity contribution in [3.05, 3.63) is 27.7 Å². The number of rotatable bonds is 2. The van der Waals surface area contributed by atoms with Crippen molar-refractivity contribution in [1.82, 2.24) is 10.2 Å². The van der Waals surface area contributed by atoms with E-state index in [-0.39, 0.29) is 0 Å². The fraction of sp³-hybridized carbons (Fsp3) is 0.200. The summed E-state index contributed by atoms with van der Waals surface area (Å²) in [5.41, 5.74) is 1.05. The first-order valence-corrected chi connectivity index (χ1v) is 5.95. The van der Waals surface area contributed by atoms with Crippen LogP contribution in [0, 0.1) is 6.92 Å². The Morgan fingerprint density at radius 2 is 2.13 bits per heavy atom. The molecule has 5 heteroatoms. The predicted octanol–water partition coefficient (Wildman–Crippen LogP) is 3.28. The van der Waals surface area contributed by atoms with Crippen LogP contribution in [0.25, 0.3) is 10.6 Å². The maximum Gasteiger partial charge on any atom is 0.147 e. The number of benzene rings is 1. The highest BCUT2D eigenvalue weighted by atomic mass is 79.9. The predicted molar refractivity (Wildman–Crippen MR) is 64.3 cm³/mol. The lowest BCUT2D eigenvalue weighted by Gasteiger charge is -2.03. The lowest BCUT2D eigenvalue weighted by atomic mass is 10.2. The summed E-state index contributed by atoms with van der Waals surface area (Å²) in [4.78, 5) is 0. The van der Waals surface area contributed by atoms with Crippen molar-refractivity contribution in [2.75, 3.05) is 7.11 Å². The summed E-state index contributed by atoms with van der Waals surface area (Å²) in [5.74, 6) is 0.819. The van der Waals surface area contributed by atoms with E-state index in [1.165, 1.54) is 0 Å². The molecule has 0 atom stereocenters. The number of hydrogen-bond acceptors (Lipinski definition) is 4. The molecule has 2 aromatic rings. The van der Waals surface area contributed by atoms with Crippen LogP contribution in [0.15, 0.2) is 22.7 Å². The molecule has 0 aliphatic heterocycles. The van der Waals surface area contributed by atoms with Gasteiger partial charge >= 0.3 is 0 Å². The highest BCUT2D eigenvalue weighted by molar-refractivity contribution is 9.10. The van der Waals surface area contributed by atoms with Crippen molar-refractivity contribution >= 4 is 27.3 Å². The Kier molecular flexibility index (Phi) is 3.02. The van der Waals surface area contributed by atoms with Gasteiger partial charge in [0, 0.05) is 5.56 Å². The highest BCUT2D eigenvalue weighted by Crippen LogP contribution is 2.31. The van der Waals surface area contributed by atoms with Gasteiger partial charge in [-0.15, -0.1) is 10.2 Å². The number of aromatic nitrogens is 2. The Morgan fingerprint density at radius 3 is 2.67 bits per heavy atom. The molecule has 0 unspecified atom stereocenters. The molecule has 1 heterocycles. The summed E-state index contributed by atoms with van der Waals surface area (Å²) in [7, 11) is 1.65. The van der Waals surface area contributed by atoms with Gasteiger partial charge in [-0.1, -0.05) is 11.3 Å². The first-order chi connectivity index (χ1) is 7.20. The molecule has 1 aromatic heterocycles. The van der Waals surface area contributed by atoms with Gasteiger partial charge in [-0.2, -0.15) is 0 Å². The maximum absolute atomic E-state index is 5.16. The molecule has 0 saturated carbocycles. The molecule has 3 nitrogen and oxygen atoms in total. The molecule has 1 aromatic carbocycles. The molecule has 0 bridgehead atoms. The summed E-state index contributed by atoms with van der Waals surface area (Å²) in [6, 6.07) is 5.87. The topological polar surface area (TPSA) is 35.0 Å². The fourth-order valence-corrected chi connectivity index (χ4v) is 2.44. The van der Waals surface area contributed by atoms with E-state index in [9.17, 15) is 0 Å². The van der Waals surface area contributed by atoms with Crippen molar-refractivity contribution < 1.29 is 4.74 Å². The van der Waals surface area contributed by atoms with Crippen molar-refractivity contribution in [2.24, 2.45) is 0 Å². The number of methoxy groups -OCH3 is 1. The zero-order valence-electron chi connectivity index (χ0n) is 8.32. The van der Waals surface area contributed by atoms with Crippen LogP contribution in [-0.4, -0.2) is 17.3 Å². The van der Waals surface area contributed by atoms with Crippen LogP contribution in [0.5, 0.6) is 5.75 Å². The molecule has 0 N–H and O–H groups in total. The van der Waals surface area contributed by atoms with Crippen LogP contribution in [0.3, 0.4) is 0 Å². The Balaban J connectivity index is 2.42. The second kappa shape index (κ2) is 4.28. The van der Waals surface area contributed by atoms with Gasteiger partial charge in [0.2, 0.25) is 0 Å². The summed E-state index contributed by atoms with van der Waals surface area (Å²) in [5, 5.41) is 9.97. The third-order valence-corrected chi connectivity index (χ3v) is 3.43. The van der Waals surface area contributed by atoms with E-state index in [1.807, 2.05) is 25.1 Å². The Morgan fingerprint density at radius 1 is 1.33 bits per heavy atom. The quantitative estimate of drug-likeness (QED) is 0.849. The minimum absolute atomic E-state index is 0.819. The second-order valence-corrected chi connectivity index (χ2v) is 5.01. The van der Waals surface area contributed by atoms with E-state index in [1.54, 1.807) is 18.4 Å². The Hall–Kier alpha value is -0.940. The van der Waals surface area contributed by atoms with E-state index in [2.05, 4.69) is 26.1 Å². The largest absolute Gasteiger partial charge is 0.496 e. The number of ether oxygens (including phenoxy) is 1. The van der Waals surface area contributed by atoms with Crippen LogP contribution in [0.1, 0.15) is 5.01 Å². The third-order valence-electron chi connectivity index (χ3n) is 1.92. The van der Waals surface area contributed by atoms with Crippen molar-refractivity contribution in [3.63, 3.8) is 0 Å². The molecule has 0 aliphatic rings. The van der Waals surface area contributed by atoms with Gasteiger partial charge in [0.25, 0.3) is 0 Å². The van der Waals surface area contributed by atoms with Gasteiger partial charge < -0.3 is 4.74 Å². The molecule has 0 aliphatic carbocycles. The van der Waals surface area contributed by atoms with Crippen LogP contribution in [0.4, 0.5) is 0 Å². The lowest BCUT2D eigenvalue weighted by Crippen LogP contribution is -1.85. The number of halogens is 1. The van der Waals surface area contributed by atoms with E-state index < -0.39 is 0 Å². The number of nitrogens with zero attached hydrogens (tertiary/aromatic N) is 2. The van der Waals surface area contributed by atoms with E-state index in [0.717, 1.165) is 25.8 Å². The van der Waals surface area contributed by atoms with E-state index in [4.69, 9.17) is 4.74 Å². The molecule has 15 heavy (non-hydrogen) atoms. The van der Waals surface area contributed by atoms with Crippen molar-refractivity contribution in [2.45, 2.75) is 6.92 Å². The number of hydrogen-bond donors (Lipinski definition) is 0. The molecule has 0 amide bonds. The molecule has 0 radical (unpaired) electrons.